The molecule has 0 atom stereocenters. The molecule has 2 aromatic rings. The van der Waals surface area contributed by atoms with Gasteiger partial charge in [-0.2, -0.15) is 0 Å². The van der Waals surface area contributed by atoms with Gasteiger partial charge in [0.15, 0.2) is 5.16 Å². The fourth-order valence-electron chi connectivity index (χ4n) is 1.77. The lowest BCUT2D eigenvalue weighted by Crippen LogP contribution is -2.16. The minimum absolute atomic E-state index is 0.161. The van der Waals surface area contributed by atoms with Crippen molar-refractivity contribution < 1.29 is 0 Å². The summed E-state index contributed by atoms with van der Waals surface area (Å²) in [6.07, 6.45) is 3.82. The molecule has 0 saturated heterocycles. The number of rotatable bonds is 3. The van der Waals surface area contributed by atoms with Crippen LogP contribution >= 0.6 is 11.8 Å². The molecule has 7 heteroatoms. The maximum Gasteiger partial charge on any atom is 0.344 e. The fraction of sp³-hybridized carbons (Fsp3) is 0.364. The highest BCUT2D eigenvalue weighted by atomic mass is 32.2. The highest BCUT2D eigenvalue weighted by Crippen LogP contribution is 2.38. The second-order valence-corrected chi connectivity index (χ2v) is 5.38. The number of H-pyrrole nitrogens is 1. The van der Waals surface area contributed by atoms with Crippen molar-refractivity contribution in [2.45, 2.75) is 36.0 Å². The lowest BCUT2D eigenvalue weighted by molar-refractivity contribution is 0.642. The van der Waals surface area contributed by atoms with Gasteiger partial charge in [-0.3, -0.25) is 4.57 Å². The standard InChI is InChI=1S/C11H13N5OS/c1-6-4-8(12)9(13-5-6)18-11-15-14-10(17)16(11)7-2-3-7/h4-5,7H,2-3,12H2,1H3,(H,14,17). The van der Waals surface area contributed by atoms with Crippen LogP contribution in [0, 0.1) is 6.92 Å². The van der Waals surface area contributed by atoms with Crippen LogP contribution in [0.4, 0.5) is 5.69 Å². The first kappa shape index (κ1) is 11.3. The summed E-state index contributed by atoms with van der Waals surface area (Å²) in [6.45, 7) is 1.94. The smallest absolute Gasteiger partial charge is 0.344 e. The van der Waals surface area contributed by atoms with Crippen LogP contribution in [-0.4, -0.2) is 19.7 Å². The van der Waals surface area contributed by atoms with Gasteiger partial charge in [-0.25, -0.2) is 14.9 Å². The number of aryl methyl sites for hydroxylation is 1. The number of pyridine rings is 1. The minimum Gasteiger partial charge on any atom is -0.397 e. The van der Waals surface area contributed by atoms with Crippen LogP contribution in [0.5, 0.6) is 0 Å². The van der Waals surface area contributed by atoms with Crippen molar-refractivity contribution in [3.63, 3.8) is 0 Å². The van der Waals surface area contributed by atoms with Crippen LogP contribution in [0.15, 0.2) is 27.2 Å². The molecular formula is C11H13N5OS. The van der Waals surface area contributed by atoms with E-state index in [1.807, 2.05) is 13.0 Å². The zero-order valence-electron chi connectivity index (χ0n) is 9.88. The Hall–Kier alpha value is -1.76. The van der Waals surface area contributed by atoms with Gasteiger partial charge in [0.1, 0.15) is 5.03 Å². The summed E-state index contributed by atoms with van der Waals surface area (Å²) in [7, 11) is 0. The Balaban J connectivity index is 1.94. The molecule has 0 spiro atoms. The van der Waals surface area contributed by atoms with E-state index < -0.39 is 0 Å². The van der Waals surface area contributed by atoms with Crippen molar-refractivity contribution in [1.29, 1.82) is 0 Å². The number of nitrogen functional groups attached to an aromatic ring is 1. The Morgan fingerprint density at radius 1 is 1.56 bits per heavy atom. The molecule has 18 heavy (non-hydrogen) atoms. The molecule has 1 aliphatic carbocycles. The summed E-state index contributed by atoms with van der Waals surface area (Å²) in [6, 6.07) is 2.15. The maximum absolute atomic E-state index is 11.6. The molecule has 1 aliphatic rings. The quantitative estimate of drug-likeness (QED) is 0.872. The van der Waals surface area contributed by atoms with E-state index in [0.29, 0.717) is 15.9 Å². The number of nitrogens with one attached hydrogen (secondary N) is 1. The van der Waals surface area contributed by atoms with E-state index in [-0.39, 0.29) is 11.7 Å². The van der Waals surface area contributed by atoms with E-state index in [4.69, 9.17) is 5.73 Å². The SMILES string of the molecule is Cc1cnc(Sc2n[nH]c(=O)n2C2CC2)c(N)c1. The number of aromatic nitrogens is 4. The zero-order valence-corrected chi connectivity index (χ0v) is 10.7. The third-order valence-corrected chi connectivity index (χ3v) is 3.79. The summed E-state index contributed by atoms with van der Waals surface area (Å²) in [5.74, 6) is 0. The van der Waals surface area contributed by atoms with Crippen LogP contribution in [0.2, 0.25) is 0 Å². The molecule has 0 bridgehead atoms. The number of hydrogen-bond acceptors (Lipinski definition) is 5. The summed E-state index contributed by atoms with van der Waals surface area (Å²) in [4.78, 5) is 15.9. The second kappa shape index (κ2) is 4.16. The molecule has 3 rings (SSSR count). The third kappa shape index (κ3) is 2.01. The van der Waals surface area contributed by atoms with Gasteiger partial charge in [0.25, 0.3) is 0 Å². The van der Waals surface area contributed by atoms with E-state index >= 15 is 0 Å². The molecule has 1 fully saturated rings. The van der Waals surface area contributed by atoms with Crippen molar-refractivity contribution in [2.24, 2.45) is 0 Å². The minimum atomic E-state index is -0.161. The average molecular weight is 263 g/mol. The number of aromatic amines is 1. The Bertz CT molecular complexity index is 643. The topological polar surface area (TPSA) is 89.6 Å². The molecule has 2 heterocycles. The third-order valence-electron chi connectivity index (χ3n) is 2.79. The fourth-order valence-corrected chi connectivity index (χ4v) is 2.64. The molecule has 0 aromatic carbocycles. The lowest BCUT2D eigenvalue weighted by Gasteiger charge is -2.05. The van der Waals surface area contributed by atoms with Gasteiger partial charge >= 0.3 is 5.69 Å². The van der Waals surface area contributed by atoms with Crippen LogP contribution in [0.1, 0.15) is 24.4 Å². The molecule has 2 aromatic heterocycles. The number of nitrogens with zero attached hydrogens (tertiary/aromatic N) is 3. The maximum atomic E-state index is 11.6. The summed E-state index contributed by atoms with van der Waals surface area (Å²) >= 11 is 1.32. The van der Waals surface area contributed by atoms with E-state index in [1.54, 1.807) is 10.8 Å². The molecule has 6 nitrogen and oxygen atoms in total. The van der Waals surface area contributed by atoms with Gasteiger partial charge < -0.3 is 5.73 Å². The normalized spacial score (nSPS) is 14.9. The van der Waals surface area contributed by atoms with Crippen LogP contribution < -0.4 is 11.4 Å². The number of anilines is 1. The van der Waals surface area contributed by atoms with E-state index in [1.165, 1.54) is 11.8 Å². The Kier molecular flexibility index (Phi) is 2.62. The second-order valence-electron chi connectivity index (χ2n) is 4.42. The average Bonchev–Trinajstić information content (AvgIpc) is 3.08. The number of hydrogen-bond donors (Lipinski definition) is 2. The monoisotopic (exact) mass is 263 g/mol. The molecule has 0 radical (unpaired) electrons. The first-order valence-corrected chi connectivity index (χ1v) is 6.53. The lowest BCUT2D eigenvalue weighted by atomic mass is 10.3. The van der Waals surface area contributed by atoms with Gasteiger partial charge in [-0.15, -0.1) is 5.10 Å². The molecule has 1 saturated carbocycles. The van der Waals surface area contributed by atoms with Crippen molar-refractivity contribution in [3.05, 3.63) is 28.3 Å². The van der Waals surface area contributed by atoms with Gasteiger partial charge in [0.05, 0.1) is 5.69 Å². The molecular weight excluding hydrogens is 250 g/mol. The van der Waals surface area contributed by atoms with Crippen LogP contribution in [0.3, 0.4) is 0 Å². The van der Waals surface area contributed by atoms with Crippen molar-refractivity contribution >= 4 is 17.4 Å². The van der Waals surface area contributed by atoms with E-state index in [9.17, 15) is 4.79 Å². The summed E-state index contributed by atoms with van der Waals surface area (Å²) in [5.41, 5.74) is 7.37. The first-order valence-electron chi connectivity index (χ1n) is 5.72. The summed E-state index contributed by atoms with van der Waals surface area (Å²) < 4.78 is 1.69. The molecule has 0 unspecified atom stereocenters. The summed E-state index contributed by atoms with van der Waals surface area (Å²) in [5, 5.41) is 7.82. The zero-order chi connectivity index (χ0) is 12.7. The molecule has 3 N–H and O–H groups in total. The predicted octanol–water partition coefficient (Wildman–Crippen LogP) is 1.34. The van der Waals surface area contributed by atoms with Gasteiger partial charge in [-0.1, -0.05) is 0 Å². The Morgan fingerprint density at radius 2 is 2.33 bits per heavy atom. The van der Waals surface area contributed by atoms with Gasteiger partial charge in [0, 0.05) is 12.2 Å². The molecule has 0 amide bonds. The van der Waals surface area contributed by atoms with Crippen molar-refractivity contribution in [1.82, 2.24) is 19.7 Å². The van der Waals surface area contributed by atoms with Crippen LogP contribution in [-0.2, 0) is 0 Å². The van der Waals surface area contributed by atoms with E-state index in [0.717, 1.165) is 18.4 Å². The highest BCUT2D eigenvalue weighted by Gasteiger charge is 2.29. The van der Waals surface area contributed by atoms with Crippen molar-refractivity contribution in [2.75, 3.05) is 5.73 Å². The van der Waals surface area contributed by atoms with Gasteiger partial charge in [-0.05, 0) is 43.2 Å². The number of nitrogens with two attached hydrogens (primary N) is 1. The van der Waals surface area contributed by atoms with Crippen LogP contribution in [0.25, 0.3) is 0 Å². The predicted molar refractivity (Wildman–Crippen MR) is 68.6 cm³/mol. The Morgan fingerprint density at radius 3 is 3.00 bits per heavy atom. The molecule has 0 aliphatic heterocycles. The van der Waals surface area contributed by atoms with E-state index in [2.05, 4.69) is 15.2 Å². The first-order chi connectivity index (χ1) is 8.65. The van der Waals surface area contributed by atoms with Gasteiger partial charge in [0.2, 0.25) is 0 Å². The highest BCUT2D eigenvalue weighted by molar-refractivity contribution is 7.99. The Labute approximate surface area is 108 Å². The van der Waals surface area contributed by atoms with Crippen molar-refractivity contribution in [3.8, 4) is 0 Å². The molecule has 94 valence electrons. The largest absolute Gasteiger partial charge is 0.397 e.